The lowest BCUT2D eigenvalue weighted by Crippen LogP contribution is -2.68. The molecule has 0 aliphatic rings. The van der Waals surface area contributed by atoms with Gasteiger partial charge in [0.2, 0.25) is 6.26 Å². The van der Waals surface area contributed by atoms with Crippen molar-refractivity contribution >= 4 is 0 Å². The summed E-state index contributed by atoms with van der Waals surface area (Å²) in [7, 11) is -4.94. The Morgan fingerprint density at radius 2 is 1.62 bits per heavy atom. The molecule has 86 valence electrons. The molecule has 0 amide bonds. The van der Waals surface area contributed by atoms with Gasteiger partial charge in [0.1, 0.15) is 11.8 Å². The number of halogens is 1. The average Bonchev–Trinajstić information content (AvgIpc) is 2.69. The first-order chi connectivity index (χ1) is 7.47. The van der Waals surface area contributed by atoms with E-state index in [2.05, 4.69) is 4.98 Å². The largest absolute Gasteiger partial charge is 0.366 e. The van der Waals surface area contributed by atoms with E-state index in [4.69, 9.17) is 23.1 Å². The first kappa shape index (κ1) is 12.6. The maximum Gasteiger partial charge on any atom is 0.287 e. The molecule has 0 saturated heterocycles. The molecule has 1 aromatic heterocycles. The lowest BCUT2D eigenvalue weighted by molar-refractivity contribution is -2.00. The van der Waals surface area contributed by atoms with Gasteiger partial charge in [-0.05, 0) is 18.2 Å². The Morgan fingerprint density at radius 3 is 2.06 bits per heavy atom. The molecule has 0 radical (unpaired) electrons. The summed E-state index contributed by atoms with van der Waals surface area (Å²) in [4.78, 5) is 2.99. The molecule has 1 heterocycles. The van der Waals surface area contributed by atoms with Crippen LogP contribution in [0.25, 0.3) is 11.5 Å². The highest BCUT2D eigenvalue weighted by Gasteiger charge is 2.04. The summed E-state index contributed by atoms with van der Waals surface area (Å²) in [6.07, 6.45) is 3.39. The van der Waals surface area contributed by atoms with Gasteiger partial charge in [-0.3, -0.25) is 4.98 Å². The molecule has 0 atom stereocenters. The van der Waals surface area contributed by atoms with Crippen LogP contribution in [0.15, 0.2) is 47.2 Å². The third-order valence-corrected chi connectivity index (χ3v) is 1.50. The molecule has 0 aliphatic heterocycles. The van der Waals surface area contributed by atoms with Gasteiger partial charge in [0.15, 0.2) is 0 Å². The zero-order valence-corrected chi connectivity index (χ0v) is 8.72. The monoisotopic (exact) mass is 245 g/mol. The van der Waals surface area contributed by atoms with Gasteiger partial charge >= 0.3 is 0 Å². The minimum Gasteiger partial charge on any atom is -0.366 e. The van der Waals surface area contributed by atoms with Gasteiger partial charge in [0, 0.05) is 12.1 Å². The van der Waals surface area contributed by atoms with Crippen LogP contribution in [0.2, 0.25) is 0 Å². The molecule has 0 unspecified atom stereocenters. The van der Waals surface area contributed by atoms with Crippen LogP contribution in [-0.2, 0) is 0 Å². The highest BCUT2D eigenvalue weighted by atomic mass is 35.7. The Morgan fingerprint density at radius 1 is 1.06 bits per heavy atom. The fourth-order valence-corrected chi connectivity index (χ4v) is 0.987. The fraction of sp³-hybridized carbons (Fsp3) is 0. The Labute approximate surface area is 93.1 Å². The summed E-state index contributed by atoms with van der Waals surface area (Å²) in [6, 6.07) is 9.93. The van der Waals surface area contributed by atoms with E-state index in [0.717, 1.165) is 11.5 Å². The van der Waals surface area contributed by atoms with Crippen molar-refractivity contribution in [3.8, 4) is 11.5 Å². The molecule has 2 aromatic rings. The third kappa shape index (κ3) is 5.44. The average molecular weight is 246 g/mol. The number of oxazole rings is 1. The first-order valence-electron chi connectivity index (χ1n) is 4.09. The van der Waals surface area contributed by atoms with E-state index in [1.165, 1.54) is 0 Å². The number of H-pyrrole nitrogens is 1. The van der Waals surface area contributed by atoms with Gasteiger partial charge in [0.25, 0.3) is 5.89 Å². The van der Waals surface area contributed by atoms with E-state index in [1.54, 1.807) is 12.5 Å². The van der Waals surface area contributed by atoms with Crippen molar-refractivity contribution < 1.29 is 33.3 Å². The zero-order chi connectivity index (χ0) is 12.0. The summed E-state index contributed by atoms with van der Waals surface area (Å²) in [5.74, 6) is 0.797. The number of hydrogen-bond donors (Lipinski definition) is 1. The van der Waals surface area contributed by atoms with Crippen LogP contribution in [0.4, 0.5) is 0 Å². The molecular formula is C9H8ClNO5. The van der Waals surface area contributed by atoms with E-state index in [1.807, 2.05) is 30.3 Å². The molecule has 0 aliphatic carbocycles. The summed E-state index contributed by atoms with van der Waals surface area (Å²) >= 11 is 0. The van der Waals surface area contributed by atoms with Crippen molar-refractivity contribution in [2.75, 3.05) is 0 Å². The maximum atomic E-state index is 8.49. The van der Waals surface area contributed by atoms with Crippen LogP contribution < -0.4 is 18.6 Å². The van der Waals surface area contributed by atoms with Crippen molar-refractivity contribution in [3.05, 3.63) is 42.8 Å². The quantitative estimate of drug-likeness (QED) is 0.572. The number of aromatic amines is 1. The van der Waals surface area contributed by atoms with Crippen LogP contribution in [-0.4, -0.2) is 4.98 Å². The van der Waals surface area contributed by atoms with E-state index in [9.17, 15) is 0 Å². The van der Waals surface area contributed by atoms with E-state index in [0.29, 0.717) is 0 Å². The van der Waals surface area contributed by atoms with Crippen molar-refractivity contribution in [1.82, 2.24) is 4.98 Å². The summed E-state index contributed by atoms with van der Waals surface area (Å²) in [5.41, 5.74) is 1.07. The molecule has 6 nitrogen and oxygen atoms in total. The smallest absolute Gasteiger partial charge is 0.287 e. The number of hydrogen-bond acceptors (Lipinski definition) is 5. The lowest BCUT2D eigenvalue weighted by atomic mass is 10.2. The highest BCUT2D eigenvalue weighted by molar-refractivity contribution is 5.51. The van der Waals surface area contributed by atoms with Gasteiger partial charge in [-0.25, -0.2) is 18.6 Å². The van der Waals surface area contributed by atoms with Crippen LogP contribution in [0.5, 0.6) is 0 Å². The zero-order valence-electron chi connectivity index (χ0n) is 7.96. The SMILES string of the molecule is [O-][Cl+3]([O-])([O-])[O-].c1ccc(-[c+]2[nH]cco2)cc1. The molecule has 7 heteroatoms. The summed E-state index contributed by atoms with van der Waals surface area (Å²) in [6.45, 7) is 0. The van der Waals surface area contributed by atoms with Gasteiger partial charge in [-0.2, -0.15) is 0 Å². The topological polar surface area (TPSA) is 121 Å². The minimum absolute atomic E-state index is 0.797. The second kappa shape index (κ2) is 5.59. The molecule has 0 bridgehead atoms. The number of rotatable bonds is 1. The number of benzene rings is 1. The molecule has 2 rings (SSSR count). The second-order valence-corrected chi connectivity index (χ2v) is 3.39. The maximum absolute atomic E-state index is 8.49. The van der Waals surface area contributed by atoms with Crippen LogP contribution in [0, 0.1) is 10.2 Å². The fourth-order valence-electron chi connectivity index (χ4n) is 0.987. The molecule has 0 spiro atoms. The molecule has 16 heavy (non-hydrogen) atoms. The number of aromatic nitrogens is 1. The van der Waals surface area contributed by atoms with Gasteiger partial charge in [-0.15, -0.1) is 10.2 Å². The standard InChI is InChI=1S/C9H8NO.ClHO4/c1-2-4-8(5-3-1)9-10-6-7-11-9;2-1(3,4)5/h1-7,10H;(H,2,3,4,5)/q+1;/p-1. The van der Waals surface area contributed by atoms with Crippen molar-refractivity contribution in [3.63, 3.8) is 0 Å². The highest BCUT2D eigenvalue weighted by Crippen LogP contribution is 2.14. The predicted molar refractivity (Wildman–Crippen MR) is 42.9 cm³/mol. The van der Waals surface area contributed by atoms with E-state index in [-0.39, 0.29) is 0 Å². The van der Waals surface area contributed by atoms with E-state index >= 15 is 0 Å². The van der Waals surface area contributed by atoms with Gasteiger partial charge in [-0.1, -0.05) is 0 Å². The van der Waals surface area contributed by atoms with E-state index < -0.39 is 10.2 Å². The van der Waals surface area contributed by atoms with Crippen molar-refractivity contribution in [2.45, 2.75) is 0 Å². The normalized spacial score (nSPS) is 10.5. The van der Waals surface area contributed by atoms with Crippen LogP contribution in [0.1, 0.15) is 0 Å². The summed E-state index contributed by atoms with van der Waals surface area (Å²) in [5, 5.41) is 0. The predicted octanol–water partition coefficient (Wildman–Crippen LogP) is -2.20. The number of nitrogens with one attached hydrogen (secondary N) is 1. The van der Waals surface area contributed by atoms with Gasteiger partial charge in [0.05, 0.1) is 0 Å². The van der Waals surface area contributed by atoms with Crippen molar-refractivity contribution in [2.24, 2.45) is 0 Å². The minimum atomic E-state index is -4.94. The molecular weight excluding hydrogens is 238 g/mol. The Hall–Kier alpha value is -1.44. The summed E-state index contributed by atoms with van der Waals surface area (Å²) < 4.78 is 39.1. The Balaban J connectivity index is 0.000000221. The lowest BCUT2D eigenvalue weighted by Gasteiger charge is -2.17. The molecule has 1 aromatic carbocycles. The molecule has 0 saturated carbocycles. The van der Waals surface area contributed by atoms with Crippen molar-refractivity contribution in [1.29, 1.82) is 0 Å². The van der Waals surface area contributed by atoms with Crippen LogP contribution in [0.3, 0.4) is 0 Å². The Bertz CT molecular complexity index is 392. The second-order valence-electron chi connectivity index (χ2n) is 2.64. The molecule has 1 N–H and O–H groups in total. The molecule has 0 fully saturated rings. The van der Waals surface area contributed by atoms with Crippen LogP contribution >= 0.6 is 0 Å². The van der Waals surface area contributed by atoms with Gasteiger partial charge < -0.3 is 4.42 Å². The Kier molecular flexibility index (Phi) is 4.41. The third-order valence-electron chi connectivity index (χ3n) is 1.50. The first-order valence-corrected chi connectivity index (χ1v) is 5.32.